The molecule has 0 aliphatic carbocycles. The van der Waals surface area contributed by atoms with Crippen LogP contribution in [0.25, 0.3) is 0 Å². The van der Waals surface area contributed by atoms with E-state index in [4.69, 9.17) is 11.6 Å². The maximum atomic E-state index is 12.8. The summed E-state index contributed by atoms with van der Waals surface area (Å²) < 4.78 is 28.2. The van der Waals surface area contributed by atoms with Gasteiger partial charge in [0.15, 0.2) is 0 Å². The molecule has 3 nitrogen and oxygen atoms in total. The van der Waals surface area contributed by atoms with Crippen molar-refractivity contribution in [2.75, 3.05) is 4.72 Å². The van der Waals surface area contributed by atoms with Crippen LogP contribution in [-0.2, 0) is 10.0 Å². The third-order valence-electron chi connectivity index (χ3n) is 4.30. The highest BCUT2D eigenvalue weighted by atomic mass is 35.5. The Morgan fingerprint density at radius 3 is 1.64 bits per heavy atom. The third-order valence-corrected chi connectivity index (χ3v) is 6.20. The Morgan fingerprint density at radius 1 is 0.773 bits per heavy atom. The van der Waals surface area contributed by atoms with Crippen molar-refractivity contribution in [2.45, 2.75) is 39.5 Å². The summed E-state index contributed by atoms with van der Waals surface area (Å²) in [5.41, 5.74) is 5.25. The lowest BCUT2D eigenvalue weighted by atomic mass is 9.95. The minimum absolute atomic E-state index is 0.364. The highest BCUT2D eigenvalue weighted by Crippen LogP contribution is 2.30. The molecule has 0 aromatic heterocycles. The van der Waals surface area contributed by atoms with Crippen LogP contribution in [0.1, 0.15) is 27.8 Å². The molecule has 0 heterocycles. The lowest BCUT2D eigenvalue weighted by molar-refractivity contribution is 0.599. The van der Waals surface area contributed by atoms with Crippen LogP contribution in [0.2, 0.25) is 5.02 Å². The van der Waals surface area contributed by atoms with E-state index in [0.29, 0.717) is 15.6 Å². The normalized spacial score (nSPS) is 11.5. The van der Waals surface area contributed by atoms with Gasteiger partial charge in [-0.2, -0.15) is 0 Å². The van der Waals surface area contributed by atoms with Gasteiger partial charge in [0.25, 0.3) is 10.0 Å². The van der Waals surface area contributed by atoms with Crippen molar-refractivity contribution in [1.29, 1.82) is 0 Å². The van der Waals surface area contributed by atoms with E-state index in [1.54, 1.807) is 24.3 Å². The summed E-state index contributed by atoms with van der Waals surface area (Å²) in [6, 6.07) is 6.62. The second-order valence-electron chi connectivity index (χ2n) is 5.57. The van der Waals surface area contributed by atoms with Gasteiger partial charge in [-0.3, -0.25) is 4.72 Å². The number of halogens is 1. The van der Waals surface area contributed by atoms with Gasteiger partial charge in [0.05, 0.1) is 4.90 Å². The van der Waals surface area contributed by atoms with Crippen molar-refractivity contribution in [3.63, 3.8) is 0 Å². The fraction of sp³-hybridized carbons (Fsp3) is 0.294. The molecule has 2 rings (SSSR count). The quantitative estimate of drug-likeness (QED) is 0.883. The second-order valence-corrected chi connectivity index (χ2v) is 7.62. The van der Waals surface area contributed by atoms with Gasteiger partial charge >= 0.3 is 0 Å². The molecule has 0 saturated heterocycles. The maximum Gasteiger partial charge on any atom is 0.262 e. The van der Waals surface area contributed by atoms with Crippen LogP contribution < -0.4 is 4.72 Å². The zero-order chi connectivity index (χ0) is 16.7. The Bertz CT molecular complexity index is 796. The molecule has 0 aliphatic rings. The third kappa shape index (κ3) is 2.99. The number of hydrogen-bond donors (Lipinski definition) is 1. The molecular formula is C17H20ClNO2S. The van der Waals surface area contributed by atoms with Crippen LogP contribution in [0.5, 0.6) is 0 Å². The van der Waals surface area contributed by atoms with Crippen molar-refractivity contribution < 1.29 is 8.42 Å². The average Bonchev–Trinajstić information content (AvgIpc) is 2.45. The Labute approximate surface area is 137 Å². The zero-order valence-corrected chi connectivity index (χ0v) is 15.0. The van der Waals surface area contributed by atoms with E-state index >= 15 is 0 Å². The highest BCUT2D eigenvalue weighted by molar-refractivity contribution is 7.92. The van der Waals surface area contributed by atoms with Gasteiger partial charge in [-0.1, -0.05) is 11.6 Å². The van der Waals surface area contributed by atoms with Gasteiger partial charge in [0.2, 0.25) is 0 Å². The lowest BCUT2D eigenvalue weighted by Gasteiger charge is -2.19. The predicted molar refractivity (Wildman–Crippen MR) is 92.4 cm³/mol. The van der Waals surface area contributed by atoms with Crippen LogP contribution >= 0.6 is 11.6 Å². The minimum atomic E-state index is -3.64. The van der Waals surface area contributed by atoms with E-state index in [-0.39, 0.29) is 0 Å². The molecule has 0 amide bonds. The first kappa shape index (κ1) is 16.8. The molecule has 0 bridgehead atoms. The first-order chi connectivity index (χ1) is 10.1. The molecule has 118 valence electrons. The number of hydrogen-bond acceptors (Lipinski definition) is 2. The highest BCUT2D eigenvalue weighted by Gasteiger charge is 2.23. The number of sulfonamides is 1. The molecule has 0 radical (unpaired) electrons. The van der Waals surface area contributed by atoms with E-state index in [1.807, 2.05) is 34.6 Å². The van der Waals surface area contributed by atoms with Crippen LogP contribution in [0.4, 0.5) is 5.69 Å². The number of anilines is 1. The molecule has 22 heavy (non-hydrogen) atoms. The van der Waals surface area contributed by atoms with E-state index in [2.05, 4.69) is 4.72 Å². The van der Waals surface area contributed by atoms with Crippen LogP contribution in [-0.4, -0.2) is 8.42 Å². The number of rotatable bonds is 3. The predicted octanol–water partition coefficient (Wildman–Crippen LogP) is 4.68. The SMILES string of the molecule is Cc1c(C)c(C)c(S(=O)(=O)Nc2ccc(Cl)cc2)c(C)c1C. The maximum absolute atomic E-state index is 12.8. The van der Waals surface area contributed by atoms with Crippen molar-refractivity contribution in [3.05, 3.63) is 57.1 Å². The van der Waals surface area contributed by atoms with Crippen LogP contribution in [0.3, 0.4) is 0 Å². The first-order valence-electron chi connectivity index (χ1n) is 7.00. The van der Waals surface area contributed by atoms with Gasteiger partial charge in [-0.05, 0) is 86.7 Å². The fourth-order valence-electron chi connectivity index (χ4n) is 2.59. The first-order valence-corrected chi connectivity index (χ1v) is 8.86. The Morgan fingerprint density at radius 2 is 1.18 bits per heavy atom. The summed E-state index contributed by atoms with van der Waals surface area (Å²) in [7, 11) is -3.64. The standard InChI is InChI=1S/C17H20ClNO2S/c1-10-11(2)13(4)17(14(5)12(10)3)22(20,21)19-16-8-6-15(18)7-9-16/h6-9,19H,1-5H3. The average molecular weight is 338 g/mol. The summed E-state index contributed by atoms with van der Waals surface area (Å²) >= 11 is 5.83. The van der Waals surface area contributed by atoms with Crippen molar-refractivity contribution in [1.82, 2.24) is 0 Å². The molecule has 5 heteroatoms. The Hall–Kier alpha value is -1.52. The summed E-state index contributed by atoms with van der Waals surface area (Å²) in [4.78, 5) is 0.364. The van der Waals surface area contributed by atoms with Gasteiger partial charge in [-0.15, -0.1) is 0 Å². The zero-order valence-electron chi connectivity index (χ0n) is 13.4. The van der Waals surface area contributed by atoms with Crippen molar-refractivity contribution >= 4 is 27.3 Å². The largest absolute Gasteiger partial charge is 0.280 e. The van der Waals surface area contributed by atoms with Gasteiger partial charge in [0, 0.05) is 10.7 Å². The molecule has 1 N–H and O–H groups in total. The summed E-state index contributed by atoms with van der Waals surface area (Å²) in [6.07, 6.45) is 0. The van der Waals surface area contributed by atoms with Gasteiger partial charge < -0.3 is 0 Å². The number of benzene rings is 2. The molecule has 0 atom stereocenters. The summed E-state index contributed by atoms with van der Waals surface area (Å²) in [6.45, 7) is 9.64. The lowest BCUT2D eigenvalue weighted by Crippen LogP contribution is -2.17. The molecule has 0 spiro atoms. The smallest absolute Gasteiger partial charge is 0.262 e. The summed E-state index contributed by atoms with van der Waals surface area (Å²) in [5.74, 6) is 0. The van der Waals surface area contributed by atoms with E-state index in [0.717, 1.165) is 27.8 Å². The van der Waals surface area contributed by atoms with E-state index in [9.17, 15) is 8.42 Å². The molecule has 0 aliphatic heterocycles. The topological polar surface area (TPSA) is 46.2 Å². The molecule has 0 unspecified atom stereocenters. The van der Waals surface area contributed by atoms with E-state index in [1.165, 1.54) is 0 Å². The van der Waals surface area contributed by atoms with Crippen LogP contribution in [0.15, 0.2) is 29.2 Å². The Kier molecular flexibility index (Phi) is 4.54. The van der Waals surface area contributed by atoms with Crippen molar-refractivity contribution in [2.24, 2.45) is 0 Å². The van der Waals surface area contributed by atoms with Gasteiger partial charge in [-0.25, -0.2) is 8.42 Å². The van der Waals surface area contributed by atoms with Crippen molar-refractivity contribution in [3.8, 4) is 0 Å². The fourth-order valence-corrected chi connectivity index (χ4v) is 4.38. The molecule has 2 aromatic carbocycles. The molecule has 0 saturated carbocycles. The number of nitrogens with one attached hydrogen (secondary N) is 1. The van der Waals surface area contributed by atoms with Gasteiger partial charge in [0.1, 0.15) is 0 Å². The molecular weight excluding hydrogens is 318 g/mol. The molecule has 2 aromatic rings. The molecule has 0 fully saturated rings. The van der Waals surface area contributed by atoms with Crippen LogP contribution in [0, 0.1) is 34.6 Å². The van der Waals surface area contributed by atoms with E-state index < -0.39 is 10.0 Å². The minimum Gasteiger partial charge on any atom is -0.280 e. The second kappa shape index (κ2) is 5.94. The Balaban J connectivity index is 2.57. The summed E-state index contributed by atoms with van der Waals surface area (Å²) in [5, 5.41) is 0.567. The monoisotopic (exact) mass is 337 g/mol.